The summed E-state index contributed by atoms with van der Waals surface area (Å²) >= 11 is 0. The van der Waals surface area contributed by atoms with Crippen LogP contribution in [0.1, 0.15) is 16.2 Å². The second-order valence-corrected chi connectivity index (χ2v) is 3.54. The standard InChI is InChI=1S/C13H8N2O2/c16-11(9-5-2-1-3-6-9)13-15-12-10(17-13)7-4-8-14-12/h1-8H. The lowest BCUT2D eigenvalue weighted by molar-refractivity contribution is 0.100. The van der Waals surface area contributed by atoms with Crippen molar-refractivity contribution in [1.29, 1.82) is 0 Å². The molecule has 0 N–H and O–H groups in total. The van der Waals surface area contributed by atoms with Gasteiger partial charge in [-0.05, 0) is 12.1 Å². The fraction of sp³-hybridized carbons (Fsp3) is 0. The van der Waals surface area contributed by atoms with Crippen LogP contribution in [0.2, 0.25) is 0 Å². The highest BCUT2D eigenvalue weighted by molar-refractivity contribution is 6.06. The van der Waals surface area contributed by atoms with E-state index in [0.29, 0.717) is 16.8 Å². The summed E-state index contributed by atoms with van der Waals surface area (Å²) in [5.41, 5.74) is 1.53. The van der Waals surface area contributed by atoms with E-state index in [-0.39, 0.29) is 11.7 Å². The van der Waals surface area contributed by atoms with E-state index in [1.54, 1.807) is 42.6 Å². The first-order valence-corrected chi connectivity index (χ1v) is 5.16. The number of carbonyl (C=O) groups excluding carboxylic acids is 1. The Morgan fingerprint density at radius 3 is 2.65 bits per heavy atom. The van der Waals surface area contributed by atoms with Gasteiger partial charge in [-0.2, -0.15) is 4.98 Å². The fourth-order valence-corrected chi connectivity index (χ4v) is 1.58. The molecule has 1 aromatic carbocycles. The summed E-state index contributed by atoms with van der Waals surface area (Å²) in [5, 5.41) is 0. The van der Waals surface area contributed by atoms with Crippen molar-refractivity contribution in [2.45, 2.75) is 0 Å². The molecule has 0 spiro atoms. The molecule has 3 rings (SSSR count). The molecule has 2 aromatic heterocycles. The number of fused-ring (bicyclic) bond motifs is 1. The lowest BCUT2D eigenvalue weighted by Gasteiger charge is -1.93. The Balaban J connectivity index is 2.07. The van der Waals surface area contributed by atoms with Gasteiger partial charge in [0.15, 0.2) is 11.2 Å². The van der Waals surface area contributed by atoms with Gasteiger partial charge < -0.3 is 4.42 Å². The quantitative estimate of drug-likeness (QED) is 0.627. The Morgan fingerprint density at radius 2 is 1.88 bits per heavy atom. The monoisotopic (exact) mass is 224 g/mol. The van der Waals surface area contributed by atoms with E-state index in [2.05, 4.69) is 9.97 Å². The average molecular weight is 224 g/mol. The van der Waals surface area contributed by atoms with Gasteiger partial charge in [-0.3, -0.25) is 4.79 Å². The van der Waals surface area contributed by atoms with Crippen LogP contribution in [0.25, 0.3) is 11.2 Å². The summed E-state index contributed by atoms with van der Waals surface area (Å²) in [4.78, 5) is 20.1. The van der Waals surface area contributed by atoms with Crippen molar-refractivity contribution in [3.8, 4) is 0 Å². The first-order valence-electron chi connectivity index (χ1n) is 5.16. The van der Waals surface area contributed by atoms with Gasteiger partial charge in [0.25, 0.3) is 5.89 Å². The molecule has 3 aromatic rings. The Labute approximate surface area is 96.9 Å². The molecule has 17 heavy (non-hydrogen) atoms. The molecular formula is C13H8N2O2. The lowest BCUT2D eigenvalue weighted by Crippen LogP contribution is -2.00. The Morgan fingerprint density at radius 1 is 1.06 bits per heavy atom. The van der Waals surface area contributed by atoms with E-state index in [0.717, 1.165) is 0 Å². The zero-order chi connectivity index (χ0) is 11.7. The van der Waals surface area contributed by atoms with E-state index < -0.39 is 0 Å². The van der Waals surface area contributed by atoms with Crippen molar-refractivity contribution >= 4 is 17.0 Å². The third-order valence-electron chi connectivity index (χ3n) is 2.40. The summed E-state index contributed by atoms with van der Waals surface area (Å²) in [6.07, 6.45) is 1.61. The maximum Gasteiger partial charge on any atom is 0.270 e. The molecule has 0 aliphatic rings. The van der Waals surface area contributed by atoms with Crippen molar-refractivity contribution in [3.05, 3.63) is 60.1 Å². The zero-order valence-electron chi connectivity index (χ0n) is 8.83. The maximum atomic E-state index is 12.0. The van der Waals surface area contributed by atoms with E-state index in [4.69, 9.17) is 4.42 Å². The number of carbonyl (C=O) groups is 1. The van der Waals surface area contributed by atoms with Gasteiger partial charge in [-0.1, -0.05) is 30.3 Å². The SMILES string of the molecule is O=C(c1ccccc1)c1nc2ncccc2o1. The van der Waals surface area contributed by atoms with Gasteiger partial charge in [-0.15, -0.1) is 0 Å². The van der Waals surface area contributed by atoms with Crippen LogP contribution >= 0.6 is 0 Å². The van der Waals surface area contributed by atoms with Crippen molar-refractivity contribution in [2.24, 2.45) is 0 Å². The first kappa shape index (κ1) is 9.72. The van der Waals surface area contributed by atoms with E-state index in [1.165, 1.54) is 0 Å². The number of hydrogen-bond donors (Lipinski definition) is 0. The largest absolute Gasteiger partial charge is 0.432 e. The molecular weight excluding hydrogens is 216 g/mol. The normalized spacial score (nSPS) is 10.6. The molecule has 0 amide bonds. The molecule has 4 nitrogen and oxygen atoms in total. The highest BCUT2D eigenvalue weighted by Gasteiger charge is 2.16. The number of benzene rings is 1. The molecule has 0 bridgehead atoms. The summed E-state index contributed by atoms with van der Waals surface area (Å²) in [7, 11) is 0. The van der Waals surface area contributed by atoms with Crippen LogP contribution in [-0.2, 0) is 0 Å². The summed E-state index contributed by atoms with van der Waals surface area (Å²) in [5.74, 6) is -0.159. The average Bonchev–Trinajstić information content (AvgIpc) is 2.82. The van der Waals surface area contributed by atoms with E-state index >= 15 is 0 Å². The smallest absolute Gasteiger partial charge is 0.270 e. The van der Waals surface area contributed by atoms with Crippen LogP contribution in [-0.4, -0.2) is 15.8 Å². The van der Waals surface area contributed by atoms with E-state index in [9.17, 15) is 4.79 Å². The van der Waals surface area contributed by atoms with Crippen LogP contribution in [0.3, 0.4) is 0 Å². The third kappa shape index (κ3) is 1.69. The predicted octanol–water partition coefficient (Wildman–Crippen LogP) is 2.45. The minimum atomic E-state index is -0.233. The van der Waals surface area contributed by atoms with Crippen LogP contribution in [0.15, 0.2) is 53.1 Å². The second kappa shape index (κ2) is 3.83. The highest BCUT2D eigenvalue weighted by atomic mass is 16.4. The maximum absolute atomic E-state index is 12.0. The van der Waals surface area contributed by atoms with Crippen molar-refractivity contribution in [2.75, 3.05) is 0 Å². The molecule has 0 aliphatic heterocycles. The van der Waals surface area contributed by atoms with Gasteiger partial charge in [0.05, 0.1) is 0 Å². The van der Waals surface area contributed by atoms with Crippen molar-refractivity contribution in [3.63, 3.8) is 0 Å². The highest BCUT2D eigenvalue weighted by Crippen LogP contribution is 2.15. The van der Waals surface area contributed by atoms with Gasteiger partial charge in [-0.25, -0.2) is 4.98 Å². The molecule has 0 unspecified atom stereocenters. The molecule has 2 heterocycles. The molecule has 0 saturated heterocycles. The van der Waals surface area contributed by atoms with Crippen LogP contribution in [0.5, 0.6) is 0 Å². The second-order valence-electron chi connectivity index (χ2n) is 3.54. The molecule has 82 valence electrons. The fourth-order valence-electron chi connectivity index (χ4n) is 1.58. The van der Waals surface area contributed by atoms with Gasteiger partial charge in [0.2, 0.25) is 5.78 Å². The van der Waals surface area contributed by atoms with Crippen molar-refractivity contribution < 1.29 is 9.21 Å². The van der Waals surface area contributed by atoms with E-state index in [1.807, 2.05) is 6.07 Å². The Bertz CT molecular complexity index is 641. The number of pyridine rings is 1. The summed E-state index contributed by atoms with van der Waals surface area (Å²) in [6, 6.07) is 12.4. The van der Waals surface area contributed by atoms with Gasteiger partial charge in [0, 0.05) is 11.8 Å². The molecule has 0 saturated carbocycles. The minimum Gasteiger partial charge on any atom is -0.432 e. The first-order chi connectivity index (χ1) is 8.34. The lowest BCUT2D eigenvalue weighted by atomic mass is 10.1. The summed E-state index contributed by atoms with van der Waals surface area (Å²) < 4.78 is 5.36. The topological polar surface area (TPSA) is 56.0 Å². The minimum absolute atomic E-state index is 0.0740. The predicted molar refractivity (Wildman–Crippen MR) is 61.7 cm³/mol. The number of rotatable bonds is 2. The molecule has 0 atom stereocenters. The van der Waals surface area contributed by atoms with Gasteiger partial charge >= 0.3 is 0 Å². The summed E-state index contributed by atoms with van der Waals surface area (Å²) in [6.45, 7) is 0. The Hall–Kier alpha value is -2.49. The molecule has 4 heteroatoms. The number of ketones is 1. The third-order valence-corrected chi connectivity index (χ3v) is 2.40. The number of aromatic nitrogens is 2. The molecule has 0 aliphatic carbocycles. The van der Waals surface area contributed by atoms with Gasteiger partial charge in [0.1, 0.15) is 0 Å². The zero-order valence-corrected chi connectivity index (χ0v) is 8.83. The number of nitrogens with zero attached hydrogens (tertiary/aromatic N) is 2. The number of oxazole rings is 1. The van der Waals surface area contributed by atoms with Crippen molar-refractivity contribution in [1.82, 2.24) is 9.97 Å². The van der Waals surface area contributed by atoms with Crippen LogP contribution in [0.4, 0.5) is 0 Å². The van der Waals surface area contributed by atoms with Crippen LogP contribution < -0.4 is 0 Å². The molecule has 0 fully saturated rings. The van der Waals surface area contributed by atoms with Crippen LogP contribution in [0, 0.1) is 0 Å². The molecule has 0 radical (unpaired) electrons. The Kier molecular flexibility index (Phi) is 2.19. The number of hydrogen-bond acceptors (Lipinski definition) is 4.